The third-order valence-corrected chi connectivity index (χ3v) is 4.02. The Morgan fingerprint density at radius 1 is 1.10 bits per heavy atom. The van der Waals surface area contributed by atoms with Crippen LogP contribution in [0.1, 0.15) is 32.6 Å². The molecule has 4 N–H and O–H groups in total. The Kier molecular flexibility index (Phi) is 5.36. The highest BCUT2D eigenvalue weighted by Gasteiger charge is 2.49. The molecule has 1 rings (SSSR count). The van der Waals surface area contributed by atoms with Gasteiger partial charge in [0.05, 0.1) is 18.2 Å². The maximum Gasteiger partial charge on any atom is 0.417 e. The average molecular weight is 304 g/mol. The molecular weight excluding hydrogens is 284 g/mol. The molecule has 0 aromatic heterocycles. The molecule has 0 heterocycles. The van der Waals surface area contributed by atoms with Crippen molar-refractivity contribution in [3.05, 3.63) is 0 Å². The predicted octanol–water partition coefficient (Wildman–Crippen LogP) is 1.32. The fraction of sp³-hybridized carbons (Fsp3) is 0.750. The van der Waals surface area contributed by atoms with Gasteiger partial charge in [-0.05, 0) is 19.8 Å². The highest BCUT2D eigenvalue weighted by atomic mass is 16.4. The second-order valence-electron chi connectivity index (χ2n) is 5.21. The second-order valence-corrected chi connectivity index (χ2v) is 5.21. The fourth-order valence-corrected chi connectivity index (χ4v) is 3.04. The van der Waals surface area contributed by atoms with Crippen molar-refractivity contribution in [3.8, 4) is 0 Å². The number of aliphatic hydroxyl groups excluding tert-OH is 1. The fourth-order valence-electron chi connectivity index (χ4n) is 3.04. The summed E-state index contributed by atoms with van der Waals surface area (Å²) in [7, 11) is 0. The van der Waals surface area contributed by atoms with Crippen LogP contribution in [-0.4, -0.2) is 73.2 Å². The first-order valence-corrected chi connectivity index (χ1v) is 6.62. The zero-order chi connectivity index (χ0) is 16.2. The molecule has 1 fully saturated rings. The van der Waals surface area contributed by atoms with Gasteiger partial charge in [0.15, 0.2) is 0 Å². The lowest BCUT2D eigenvalue weighted by atomic mass is 9.76. The van der Waals surface area contributed by atoms with Gasteiger partial charge in [-0.25, -0.2) is 19.3 Å². The number of amides is 3. The number of carbonyl (C=O) groups is 3. The summed E-state index contributed by atoms with van der Waals surface area (Å²) < 4.78 is 0. The Labute approximate surface area is 121 Å². The molecule has 0 aliphatic heterocycles. The molecule has 0 aromatic carbocycles. The van der Waals surface area contributed by atoms with Gasteiger partial charge >= 0.3 is 18.3 Å². The molecule has 21 heavy (non-hydrogen) atoms. The van der Waals surface area contributed by atoms with Gasteiger partial charge in [-0.3, -0.25) is 4.90 Å². The quantitative estimate of drug-likeness (QED) is 0.614. The molecule has 2 atom stereocenters. The van der Waals surface area contributed by atoms with Crippen molar-refractivity contribution in [2.75, 3.05) is 13.2 Å². The summed E-state index contributed by atoms with van der Waals surface area (Å²) in [5.41, 5.74) is -1.19. The molecule has 0 bridgehead atoms. The minimum atomic E-state index is -1.63. The van der Waals surface area contributed by atoms with Crippen LogP contribution in [0.15, 0.2) is 0 Å². The normalized spacial score (nSPS) is 25.1. The molecule has 2 unspecified atom stereocenters. The molecule has 1 aliphatic carbocycles. The van der Waals surface area contributed by atoms with Crippen LogP contribution in [0.4, 0.5) is 14.4 Å². The summed E-state index contributed by atoms with van der Waals surface area (Å²) in [5, 5.41) is 36.5. The van der Waals surface area contributed by atoms with Gasteiger partial charge in [0.1, 0.15) is 0 Å². The lowest BCUT2D eigenvalue weighted by Gasteiger charge is -2.49. The largest absolute Gasteiger partial charge is 0.465 e. The number of hydrogen-bond donors (Lipinski definition) is 4. The highest BCUT2D eigenvalue weighted by molar-refractivity contribution is 5.86. The first-order valence-electron chi connectivity index (χ1n) is 6.62. The molecule has 120 valence electrons. The number of rotatable bonds is 4. The van der Waals surface area contributed by atoms with E-state index in [1.807, 2.05) is 0 Å². The monoisotopic (exact) mass is 304 g/mol. The lowest BCUT2D eigenvalue weighted by Crippen LogP contribution is -2.65. The molecule has 0 spiro atoms. The van der Waals surface area contributed by atoms with E-state index in [1.165, 1.54) is 6.92 Å². The third-order valence-electron chi connectivity index (χ3n) is 4.02. The summed E-state index contributed by atoms with van der Waals surface area (Å²) in [6.45, 7) is 0.906. The minimum Gasteiger partial charge on any atom is -0.465 e. The van der Waals surface area contributed by atoms with Crippen LogP contribution in [-0.2, 0) is 0 Å². The Balaban J connectivity index is 3.22. The number of aliphatic hydroxyl groups is 1. The van der Waals surface area contributed by atoms with E-state index in [1.54, 1.807) is 0 Å². The average Bonchev–Trinajstić information content (AvgIpc) is 2.37. The zero-order valence-corrected chi connectivity index (χ0v) is 11.7. The van der Waals surface area contributed by atoms with E-state index in [9.17, 15) is 19.5 Å². The van der Waals surface area contributed by atoms with E-state index in [2.05, 4.69) is 0 Å². The maximum absolute atomic E-state index is 11.4. The van der Waals surface area contributed by atoms with Gasteiger partial charge in [0.25, 0.3) is 0 Å². The van der Waals surface area contributed by atoms with E-state index in [-0.39, 0.29) is 17.9 Å². The number of imide groups is 1. The number of carboxylic acid groups (broad SMARTS) is 3. The molecule has 1 saturated carbocycles. The van der Waals surface area contributed by atoms with E-state index in [0.717, 1.165) is 4.90 Å². The van der Waals surface area contributed by atoms with Gasteiger partial charge in [-0.2, -0.15) is 0 Å². The van der Waals surface area contributed by atoms with E-state index in [4.69, 9.17) is 15.3 Å². The van der Waals surface area contributed by atoms with Crippen LogP contribution in [0.5, 0.6) is 0 Å². The zero-order valence-electron chi connectivity index (χ0n) is 11.7. The van der Waals surface area contributed by atoms with Crippen molar-refractivity contribution >= 4 is 18.3 Å². The summed E-state index contributed by atoms with van der Waals surface area (Å²) in [4.78, 5) is 35.0. The Morgan fingerprint density at radius 2 is 1.67 bits per heavy atom. The highest BCUT2D eigenvalue weighted by Crippen LogP contribution is 2.37. The van der Waals surface area contributed by atoms with Crippen molar-refractivity contribution in [2.45, 2.75) is 44.2 Å². The molecule has 0 aromatic rings. The van der Waals surface area contributed by atoms with Crippen LogP contribution < -0.4 is 0 Å². The number of β-amino-alcohol motifs (C(OH)–C–C–N with tert-alkyl or cyclic N) is 1. The molecule has 9 heteroatoms. The van der Waals surface area contributed by atoms with Crippen LogP contribution in [0, 0.1) is 0 Å². The van der Waals surface area contributed by atoms with Gasteiger partial charge in [0.2, 0.25) is 0 Å². The van der Waals surface area contributed by atoms with Crippen molar-refractivity contribution < 1.29 is 34.8 Å². The van der Waals surface area contributed by atoms with Crippen molar-refractivity contribution in [1.29, 1.82) is 0 Å². The molecule has 3 amide bonds. The van der Waals surface area contributed by atoms with E-state index >= 15 is 0 Å². The lowest BCUT2D eigenvalue weighted by molar-refractivity contribution is -0.00841. The Morgan fingerprint density at radius 3 is 2.10 bits per heavy atom. The smallest absolute Gasteiger partial charge is 0.417 e. The van der Waals surface area contributed by atoms with Crippen molar-refractivity contribution in [3.63, 3.8) is 0 Å². The van der Waals surface area contributed by atoms with Gasteiger partial charge in [-0.15, -0.1) is 0 Å². The van der Waals surface area contributed by atoms with Crippen molar-refractivity contribution in [1.82, 2.24) is 9.80 Å². The van der Waals surface area contributed by atoms with Crippen LogP contribution in [0.2, 0.25) is 0 Å². The van der Waals surface area contributed by atoms with E-state index in [0.29, 0.717) is 19.3 Å². The van der Waals surface area contributed by atoms with E-state index < -0.39 is 36.5 Å². The van der Waals surface area contributed by atoms with Crippen LogP contribution in [0.3, 0.4) is 0 Å². The summed E-state index contributed by atoms with van der Waals surface area (Å²) >= 11 is 0. The van der Waals surface area contributed by atoms with Gasteiger partial charge in [0, 0.05) is 6.54 Å². The maximum atomic E-state index is 11.4. The predicted molar refractivity (Wildman–Crippen MR) is 70.4 cm³/mol. The minimum absolute atomic E-state index is 0.199. The van der Waals surface area contributed by atoms with Gasteiger partial charge < -0.3 is 20.4 Å². The first-order chi connectivity index (χ1) is 9.75. The second kappa shape index (κ2) is 6.61. The molecule has 0 saturated heterocycles. The van der Waals surface area contributed by atoms with Crippen LogP contribution in [0.25, 0.3) is 0 Å². The molecule has 9 nitrogen and oxygen atoms in total. The number of nitrogens with zero attached hydrogens (tertiary/aromatic N) is 2. The van der Waals surface area contributed by atoms with Crippen LogP contribution >= 0.6 is 0 Å². The topological polar surface area (TPSA) is 139 Å². The standard InChI is InChI=1S/C12H20N2O7/c1-12(13(6-7-15)9(16)17)5-3-2-4-8(12)14(10(18)19)11(20)21/h8,15H,2-7H2,1H3,(H,16,17)(H,18,19)(H,20,21). The molecule has 1 aliphatic rings. The molecule has 0 radical (unpaired) electrons. The Hall–Kier alpha value is -2.03. The molecular formula is C12H20N2O7. The summed E-state index contributed by atoms with van der Waals surface area (Å²) in [5.74, 6) is 0. The first kappa shape index (κ1) is 17.0. The summed E-state index contributed by atoms with van der Waals surface area (Å²) in [6, 6.07) is -0.996. The summed E-state index contributed by atoms with van der Waals surface area (Å²) in [6.07, 6.45) is -2.70. The third kappa shape index (κ3) is 3.35. The van der Waals surface area contributed by atoms with Gasteiger partial charge in [-0.1, -0.05) is 12.8 Å². The van der Waals surface area contributed by atoms with Crippen molar-refractivity contribution in [2.24, 2.45) is 0 Å². The number of hydrogen-bond acceptors (Lipinski definition) is 4. The SMILES string of the molecule is CC1(N(CCO)C(=O)O)CCCCC1N(C(=O)O)C(=O)O. The Bertz CT molecular complexity index is 414.